The summed E-state index contributed by atoms with van der Waals surface area (Å²) in [6, 6.07) is 0. The van der Waals surface area contributed by atoms with Crippen molar-refractivity contribution < 1.29 is 9.53 Å². The van der Waals surface area contributed by atoms with E-state index in [0.717, 1.165) is 15.9 Å². The molecule has 2 unspecified atom stereocenters. The number of morpholine rings is 1. The van der Waals surface area contributed by atoms with E-state index < -0.39 is 0 Å². The second kappa shape index (κ2) is 5.63. The maximum Gasteiger partial charge on any atom is 0.244 e. The molecule has 0 aliphatic carbocycles. The number of hydrogen-bond donors (Lipinski definition) is 0. The summed E-state index contributed by atoms with van der Waals surface area (Å²) in [7, 11) is 0. The summed E-state index contributed by atoms with van der Waals surface area (Å²) in [5.41, 5.74) is 1.90. The molecule has 6 heteroatoms. The van der Waals surface area contributed by atoms with E-state index in [4.69, 9.17) is 4.74 Å². The van der Waals surface area contributed by atoms with E-state index in [9.17, 15) is 4.79 Å². The highest BCUT2D eigenvalue weighted by Gasteiger charge is 2.26. The minimum absolute atomic E-state index is 0.0971. The van der Waals surface area contributed by atoms with Crippen LogP contribution in [-0.2, 0) is 16.1 Å². The van der Waals surface area contributed by atoms with Crippen molar-refractivity contribution in [2.24, 2.45) is 0 Å². The third kappa shape index (κ3) is 3.17. The van der Waals surface area contributed by atoms with Crippen molar-refractivity contribution in [1.82, 2.24) is 14.7 Å². The number of halogens is 1. The second-order valence-corrected chi connectivity index (χ2v) is 5.99. The monoisotopic (exact) mass is 329 g/mol. The Labute approximate surface area is 122 Å². The van der Waals surface area contributed by atoms with Gasteiger partial charge in [0, 0.05) is 13.1 Å². The molecule has 2 rings (SSSR count). The molecule has 0 spiro atoms. The minimum atomic E-state index is 0.0971. The van der Waals surface area contributed by atoms with Crippen LogP contribution in [0.2, 0.25) is 0 Å². The van der Waals surface area contributed by atoms with Crippen LogP contribution in [0.5, 0.6) is 0 Å². The van der Waals surface area contributed by atoms with E-state index in [1.807, 2.05) is 32.6 Å². The van der Waals surface area contributed by atoms with Crippen molar-refractivity contribution in [3.05, 3.63) is 15.9 Å². The zero-order valence-corrected chi connectivity index (χ0v) is 13.4. The number of amides is 1. The summed E-state index contributed by atoms with van der Waals surface area (Å²) in [5, 5.41) is 4.37. The van der Waals surface area contributed by atoms with Crippen LogP contribution in [0.1, 0.15) is 25.2 Å². The van der Waals surface area contributed by atoms with E-state index in [2.05, 4.69) is 21.0 Å². The fourth-order valence-corrected chi connectivity index (χ4v) is 2.72. The van der Waals surface area contributed by atoms with Gasteiger partial charge < -0.3 is 9.64 Å². The smallest absolute Gasteiger partial charge is 0.244 e. The molecular formula is C13H20BrN3O2. The number of hydrogen-bond acceptors (Lipinski definition) is 3. The minimum Gasteiger partial charge on any atom is -0.372 e. The zero-order valence-electron chi connectivity index (χ0n) is 11.8. The van der Waals surface area contributed by atoms with Crippen LogP contribution < -0.4 is 0 Å². The van der Waals surface area contributed by atoms with Crippen molar-refractivity contribution in [3.63, 3.8) is 0 Å². The third-order valence-electron chi connectivity index (χ3n) is 3.35. The molecule has 1 aliphatic rings. The Hall–Kier alpha value is -0.880. The van der Waals surface area contributed by atoms with Gasteiger partial charge in [0.15, 0.2) is 0 Å². The predicted molar refractivity (Wildman–Crippen MR) is 76.0 cm³/mol. The Bertz CT molecular complexity index is 476. The van der Waals surface area contributed by atoms with E-state index in [0.29, 0.717) is 13.1 Å². The first-order valence-electron chi connectivity index (χ1n) is 6.51. The summed E-state index contributed by atoms with van der Waals surface area (Å²) < 4.78 is 8.37. The van der Waals surface area contributed by atoms with Crippen molar-refractivity contribution >= 4 is 21.8 Å². The second-order valence-electron chi connectivity index (χ2n) is 5.20. The zero-order chi connectivity index (χ0) is 14.2. The number of ether oxygens (including phenoxy) is 1. The molecule has 1 aromatic heterocycles. The molecule has 0 N–H and O–H groups in total. The fraction of sp³-hybridized carbons (Fsp3) is 0.692. The normalized spacial score (nSPS) is 23.7. The molecule has 106 valence electrons. The molecule has 1 saturated heterocycles. The van der Waals surface area contributed by atoms with Crippen LogP contribution in [0.25, 0.3) is 0 Å². The average molecular weight is 330 g/mol. The Morgan fingerprint density at radius 3 is 2.42 bits per heavy atom. The number of aryl methyl sites for hydroxylation is 1. The Kier molecular flexibility index (Phi) is 4.30. The molecule has 1 aromatic rings. The van der Waals surface area contributed by atoms with Gasteiger partial charge in [-0.25, -0.2) is 0 Å². The lowest BCUT2D eigenvalue weighted by Crippen LogP contribution is -2.49. The fourth-order valence-electron chi connectivity index (χ4n) is 2.44. The van der Waals surface area contributed by atoms with Gasteiger partial charge >= 0.3 is 0 Å². The number of nitrogens with zero attached hydrogens (tertiary/aromatic N) is 3. The largest absolute Gasteiger partial charge is 0.372 e. The summed E-state index contributed by atoms with van der Waals surface area (Å²) in [4.78, 5) is 14.2. The van der Waals surface area contributed by atoms with Crippen LogP contribution in [-0.4, -0.2) is 45.9 Å². The van der Waals surface area contributed by atoms with Gasteiger partial charge in [0.1, 0.15) is 6.54 Å². The van der Waals surface area contributed by atoms with Crippen LogP contribution in [0.3, 0.4) is 0 Å². The van der Waals surface area contributed by atoms with Gasteiger partial charge in [-0.05, 0) is 43.6 Å². The average Bonchev–Trinajstić information content (AvgIpc) is 2.56. The van der Waals surface area contributed by atoms with Gasteiger partial charge in [-0.15, -0.1) is 0 Å². The molecule has 0 bridgehead atoms. The standard InChI is InChI=1S/C13H20BrN3O2/c1-8-5-16(6-9(2)19-8)12(18)7-17-11(4)13(14)10(3)15-17/h8-9H,5-7H2,1-4H3. The van der Waals surface area contributed by atoms with Crippen LogP contribution in [0, 0.1) is 13.8 Å². The van der Waals surface area contributed by atoms with E-state index in [-0.39, 0.29) is 24.7 Å². The summed E-state index contributed by atoms with van der Waals surface area (Å²) in [5.74, 6) is 0.0973. The molecule has 0 saturated carbocycles. The molecule has 2 atom stereocenters. The first-order valence-corrected chi connectivity index (χ1v) is 7.30. The van der Waals surface area contributed by atoms with Crippen LogP contribution >= 0.6 is 15.9 Å². The third-order valence-corrected chi connectivity index (χ3v) is 4.50. The molecule has 2 heterocycles. The maximum absolute atomic E-state index is 12.3. The number of carbonyl (C=O) groups excluding carboxylic acids is 1. The Morgan fingerprint density at radius 2 is 1.95 bits per heavy atom. The van der Waals surface area contributed by atoms with Gasteiger partial charge in [0.2, 0.25) is 5.91 Å². The summed E-state index contributed by atoms with van der Waals surface area (Å²) in [6.45, 7) is 9.48. The van der Waals surface area contributed by atoms with Crippen molar-refractivity contribution in [1.29, 1.82) is 0 Å². The van der Waals surface area contributed by atoms with E-state index >= 15 is 0 Å². The highest BCUT2D eigenvalue weighted by atomic mass is 79.9. The summed E-state index contributed by atoms with van der Waals surface area (Å²) in [6.07, 6.45) is 0.194. The highest BCUT2D eigenvalue weighted by Crippen LogP contribution is 2.20. The molecule has 1 amide bonds. The lowest BCUT2D eigenvalue weighted by molar-refractivity contribution is -0.144. The first-order chi connectivity index (χ1) is 8.88. The molecular weight excluding hydrogens is 310 g/mol. The Morgan fingerprint density at radius 1 is 1.37 bits per heavy atom. The van der Waals surface area contributed by atoms with Gasteiger partial charge in [-0.3, -0.25) is 9.48 Å². The number of carbonyl (C=O) groups is 1. The van der Waals surface area contributed by atoms with E-state index in [1.165, 1.54) is 0 Å². The first kappa shape index (κ1) is 14.5. The van der Waals surface area contributed by atoms with Crippen molar-refractivity contribution in [2.45, 2.75) is 46.4 Å². The van der Waals surface area contributed by atoms with Gasteiger partial charge in [0.25, 0.3) is 0 Å². The van der Waals surface area contributed by atoms with Crippen LogP contribution in [0.4, 0.5) is 0 Å². The number of rotatable bonds is 2. The predicted octanol–water partition coefficient (Wildman–Crippen LogP) is 1.90. The van der Waals surface area contributed by atoms with Crippen molar-refractivity contribution in [3.8, 4) is 0 Å². The molecule has 0 aromatic carbocycles. The molecule has 5 nitrogen and oxygen atoms in total. The van der Waals surface area contributed by atoms with Gasteiger partial charge in [-0.1, -0.05) is 0 Å². The molecule has 0 radical (unpaired) electrons. The molecule has 19 heavy (non-hydrogen) atoms. The SMILES string of the molecule is Cc1nn(CC(=O)N2CC(C)OC(C)C2)c(C)c1Br. The molecule has 1 fully saturated rings. The van der Waals surface area contributed by atoms with Gasteiger partial charge in [-0.2, -0.15) is 5.10 Å². The van der Waals surface area contributed by atoms with Crippen molar-refractivity contribution in [2.75, 3.05) is 13.1 Å². The van der Waals surface area contributed by atoms with Crippen LogP contribution in [0.15, 0.2) is 4.47 Å². The lowest BCUT2D eigenvalue weighted by Gasteiger charge is -2.35. The summed E-state index contributed by atoms with van der Waals surface area (Å²) >= 11 is 3.48. The maximum atomic E-state index is 12.3. The quantitative estimate of drug-likeness (QED) is 0.832. The topological polar surface area (TPSA) is 47.4 Å². The number of aromatic nitrogens is 2. The van der Waals surface area contributed by atoms with Gasteiger partial charge in [0.05, 0.1) is 28.1 Å². The highest BCUT2D eigenvalue weighted by molar-refractivity contribution is 9.10. The molecule has 1 aliphatic heterocycles. The lowest BCUT2D eigenvalue weighted by atomic mass is 10.2. The van der Waals surface area contributed by atoms with E-state index in [1.54, 1.807) is 4.68 Å². The Balaban J connectivity index is 2.06.